The number of hydrogen-bond acceptors (Lipinski definition) is 7. The summed E-state index contributed by atoms with van der Waals surface area (Å²) in [5, 5.41) is 7.89. The van der Waals surface area contributed by atoms with Gasteiger partial charge in [-0.3, -0.25) is 4.79 Å². The van der Waals surface area contributed by atoms with Gasteiger partial charge in [-0.2, -0.15) is 0 Å². The van der Waals surface area contributed by atoms with Crippen LogP contribution in [-0.4, -0.2) is 33.0 Å². The van der Waals surface area contributed by atoms with Crippen molar-refractivity contribution in [3.05, 3.63) is 88.5 Å². The van der Waals surface area contributed by atoms with E-state index < -0.39 is 23.1 Å². The van der Waals surface area contributed by atoms with Crippen LogP contribution < -0.4 is 5.73 Å². The molecule has 0 aliphatic carbocycles. The number of amides is 1. The second-order valence-electron chi connectivity index (χ2n) is 8.70. The molecule has 8 nitrogen and oxygen atoms in total. The zero-order valence-corrected chi connectivity index (χ0v) is 19.8. The van der Waals surface area contributed by atoms with Crippen molar-refractivity contribution in [1.29, 1.82) is 0 Å². The predicted molar refractivity (Wildman–Crippen MR) is 123 cm³/mol. The molecule has 0 radical (unpaired) electrons. The first-order valence-electron chi connectivity index (χ1n) is 10.9. The molecular formula is C25H25F2N5O3. The fourth-order valence-electron chi connectivity index (χ4n) is 3.76. The first kappa shape index (κ1) is 24.2. The van der Waals surface area contributed by atoms with Gasteiger partial charge in [-0.05, 0) is 31.9 Å². The van der Waals surface area contributed by atoms with E-state index in [1.54, 1.807) is 20.8 Å². The SMILES string of the molecule is Cc1nc(CN(C)C(=O)c2cc(-c3nnc(C(C)(N)Cc4ccccc4)o3)c(F)cc2F)c(C)o1. The summed E-state index contributed by atoms with van der Waals surface area (Å²) in [4.78, 5) is 18.5. The first-order valence-corrected chi connectivity index (χ1v) is 10.9. The Morgan fingerprint density at radius 1 is 1.09 bits per heavy atom. The number of rotatable bonds is 7. The quantitative estimate of drug-likeness (QED) is 0.419. The minimum Gasteiger partial charge on any atom is -0.446 e. The van der Waals surface area contributed by atoms with Crippen molar-refractivity contribution in [1.82, 2.24) is 20.1 Å². The molecule has 0 fully saturated rings. The van der Waals surface area contributed by atoms with E-state index in [1.165, 1.54) is 11.9 Å². The summed E-state index contributed by atoms with van der Waals surface area (Å²) < 4.78 is 40.4. The third-order valence-corrected chi connectivity index (χ3v) is 5.58. The standard InChI is InChI=1S/C25H25F2N5O3/c1-14-21(29-15(2)34-14)13-32(4)23(33)18-10-17(19(26)11-20(18)27)22-30-31-24(35-22)25(3,28)12-16-8-6-5-7-9-16/h5-11H,12-13,28H2,1-4H3. The van der Waals surface area contributed by atoms with Gasteiger partial charge in [0.1, 0.15) is 23.1 Å². The average Bonchev–Trinajstić information content (AvgIpc) is 3.41. The lowest BCUT2D eigenvalue weighted by Crippen LogP contribution is -2.35. The summed E-state index contributed by atoms with van der Waals surface area (Å²) in [6, 6.07) is 11.2. The largest absolute Gasteiger partial charge is 0.446 e. The summed E-state index contributed by atoms with van der Waals surface area (Å²) >= 11 is 0. The van der Waals surface area contributed by atoms with Gasteiger partial charge in [-0.15, -0.1) is 10.2 Å². The number of oxazole rings is 1. The molecule has 2 aromatic carbocycles. The molecule has 1 unspecified atom stereocenters. The molecule has 0 aliphatic rings. The lowest BCUT2D eigenvalue weighted by atomic mass is 9.94. The fourth-order valence-corrected chi connectivity index (χ4v) is 3.76. The Labute approximate surface area is 200 Å². The maximum atomic E-state index is 14.7. The zero-order valence-electron chi connectivity index (χ0n) is 19.8. The molecule has 4 aromatic rings. The van der Waals surface area contributed by atoms with Crippen molar-refractivity contribution in [2.45, 2.75) is 39.3 Å². The lowest BCUT2D eigenvalue weighted by Gasteiger charge is -2.20. The summed E-state index contributed by atoms with van der Waals surface area (Å²) in [6.07, 6.45) is 0.400. The van der Waals surface area contributed by atoms with Crippen molar-refractivity contribution in [2.24, 2.45) is 5.73 Å². The Hall–Kier alpha value is -3.92. The van der Waals surface area contributed by atoms with E-state index in [1.807, 2.05) is 30.3 Å². The summed E-state index contributed by atoms with van der Waals surface area (Å²) in [7, 11) is 1.49. The first-order chi connectivity index (χ1) is 16.5. The number of nitrogens with zero attached hydrogens (tertiary/aromatic N) is 4. The molecule has 0 spiro atoms. The van der Waals surface area contributed by atoms with Gasteiger partial charge in [-0.25, -0.2) is 13.8 Å². The molecule has 0 saturated carbocycles. The van der Waals surface area contributed by atoms with Crippen LogP contribution in [0.3, 0.4) is 0 Å². The Bertz CT molecular complexity index is 1360. The number of nitrogens with two attached hydrogens (primary N) is 1. The van der Waals surface area contributed by atoms with Crippen LogP contribution in [0.25, 0.3) is 11.5 Å². The maximum Gasteiger partial charge on any atom is 0.256 e. The number of aromatic nitrogens is 3. The summed E-state index contributed by atoms with van der Waals surface area (Å²) in [5.41, 5.74) is 6.33. The molecule has 2 N–H and O–H groups in total. The fraction of sp³-hybridized carbons (Fsp3) is 0.280. The molecule has 4 rings (SSSR count). The molecule has 1 atom stereocenters. The minimum absolute atomic E-state index is 0.0851. The third-order valence-electron chi connectivity index (χ3n) is 5.58. The van der Waals surface area contributed by atoms with Gasteiger partial charge in [0, 0.05) is 20.0 Å². The highest BCUT2D eigenvalue weighted by Gasteiger charge is 2.30. The van der Waals surface area contributed by atoms with E-state index >= 15 is 0 Å². The molecular weight excluding hydrogens is 456 g/mol. The number of carbonyl (C=O) groups excluding carboxylic acids is 1. The summed E-state index contributed by atoms with van der Waals surface area (Å²) in [5.74, 6) is -1.73. The Balaban J connectivity index is 1.60. The van der Waals surface area contributed by atoms with E-state index in [0.29, 0.717) is 29.8 Å². The van der Waals surface area contributed by atoms with Crippen LogP contribution in [0.4, 0.5) is 8.78 Å². The molecule has 0 saturated heterocycles. The number of carbonyl (C=O) groups is 1. The molecule has 0 aliphatic heterocycles. The van der Waals surface area contributed by atoms with Crippen LogP contribution in [0, 0.1) is 25.5 Å². The van der Waals surface area contributed by atoms with E-state index in [2.05, 4.69) is 15.2 Å². The van der Waals surface area contributed by atoms with Crippen molar-refractivity contribution >= 4 is 5.91 Å². The number of halogens is 2. The molecule has 0 bridgehead atoms. The molecule has 182 valence electrons. The van der Waals surface area contributed by atoms with Crippen molar-refractivity contribution in [2.75, 3.05) is 7.05 Å². The minimum atomic E-state index is -1.03. The summed E-state index contributed by atoms with van der Waals surface area (Å²) in [6.45, 7) is 5.22. The van der Waals surface area contributed by atoms with E-state index in [0.717, 1.165) is 11.6 Å². The maximum absolute atomic E-state index is 14.7. The molecule has 1 amide bonds. The van der Waals surface area contributed by atoms with Crippen LogP contribution >= 0.6 is 0 Å². The zero-order chi connectivity index (χ0) is 25.3. The van der Waals surface area contributed by atoms with Crippen LogP contribution in [0.1, 0.15) is 46.1 Å². The van der Waals surface area contributed by atoms with Crippen LogP contribution in [0.2, 0.25) is 0 Å². The monoisotopic (exact) mass is 481 g/mol. The van der Waals surface area contributed by atoms with Gasteiger partial charge in [0.2, 0.25) is 5.89 Å². The average molecular weight is 482 g/mol. The van der Waals surface area contributed by atoms with Crippen molar-refractivity contribution in [3.8, 4) is 11.5 Å². The van der Waals surface area contributed by atoms with Gasteiger partial charge < -0.3 is 19.5 Å². The Morgan fingerprint density at radius 3 is 2.46 bits per heavy atom. The van der Waals surface area contributed by atoms with E-state index in [-0.39, 0.29) is 29.5 Å². The predicted octanol–water partition coefficient (Wildman–Crippen LogP) is 4.31. The molecule has 2 heterocycles. The molecule has 35 heavy (non-hydrogen) atoms. The molecule has 2 aromatic heterocycles. The third kappa shape index (κ3) is 5.12. The number of benzene rings is 2. The van der Waals surface area contributed by atoms with Gasteiger partial charge in [0.25, 0.3) is 11.8 Å². The number of hydrogen-bond donors (Lipinski definition) is 1. The highest BCUT2D eigenvalue weighted by atomic mass is 19.1. The highest BCUT2D eigenvalue weighted by molar-refractivity contribution is 5.95. The topological polar surface area (TPSA) is 111 Å². The van der Waals surface area contributed by atoms with Gasteiger partial charge in [-0.1, -0.05) is 30.3 Å². The second-order valence-corrected chi connectivity index (χ2v) is 8.70. The van der Waals surface area contributed by atoms with Crippen molar-refractivity contribution in [3.63, 3.8) is 0 Å². The van der Waals surface area contributed by atoms with Gasteiger partial charge in [0.05, 0.1) is 23.2 Å². The van der Waals surface area contributed by atoms with E-state index in [4.69, 9.17) is 14.6 Å². The second kappa shape index (κ2) is 9.38. The number of aryl methyl sites for hydroxylation is 2. The normalized spacial score (nSPS) is 13.0. The van der Waals surface area contributed by atoms with Gasteiger partial charge >= 0.3 is 0 Å². The van der Waals surface area contributed by atoms with Gasteiger partial charge in [0.15, 0.2) is 5.89 Å². The Morgan fingerprint density at radius 2 is 1.80 bits per heavy atom. The van der Waals surface area contributed by atoms with Crippen LogP contribution in [0.15, 0.2) is 51.3 Å². The Kier molecular flexibility index (Phi) is 6.49. The smallest absolute Gasteiger partial charge is 0.256 e. The van der Waals surface area contributed by atoms with Crippen LogP contribution in [0.5, 0.6) is 0 Å². The molecule has 10 heteroatoms. The lowest BCUT2D eigenvalue weighted by molar-refractivity contribution is 0.0778. The van der Waals surface area contributed by atoms with E-state index in [9.17, 15) is 13.6 Å². The van der Waals surface area contributed by atoms with Crippen LogP contribution in [-0.2, 0) is 18.5 Å². The van der Waals surface area contributed by atoms with Crippen molar-refractivity contribution < 1.29 is 22.4 Å². The highest BCUT2D eigenvalue weighted by Crippen LogP contribution is 2.29.